The molecule has 12 nitrogen and oxygen atoms in total. The van der Waals surface area contributed by atoms with Crippen molar-refractivity contribution in [2.45, 2.75) is 24.8 Å². The molecule has 0 radical (unpaired) electrons. The van der Waals surface area contributed by atoms with Crippen LogP contribution in [0.5, 0.6) is 0 Å². The minimum atomic E-state index is -3.84. The number of nitro groups is 1. The van der Waals surface area contributed by atoms with Crippen LogP contribution in [0.4, 0.5) is 5.69 Å². The number of sulfone groups is 1. The monoisotopic (exact) mass is 473 g/mol. The average molecular weight is 473 g/mol. The molecule has 13 heteroatoms. The quantitative estimate of drug-likeness (QED) is 0.413. The van der Waals surface area contributed by atoms with Gasteiger partial charge in [-0.1, -0.05) is 18.2 Å². The molecule has 2 N–H and O–H groups in total. The molecule has 172 valence electrons. The van der Waals surface area contributed by atoms with E-state index in [4.69, 9.17) is 0 Å². The van der Waals surface area contributed by atoms with Gasteiger partial charge >= 0.3 is 0 Å². The van der Waals surface area contributed by atoms with Gasteiger partial charge in [0, 0.05) is 29.3 Å². The number of aromatic nitrogens is 2. The molecule has 0 atom stereocenters. The van der Waals surface area contributed by atoms with E-state index in [0.29, 0.717) is 0 Å². The van der Waals surface area contributed by atoms with Crippen LogP contribution in [0.1, 0.15) is 40.7 Å². The largest absolute Gasteiger partial charge is 0.290 e. The second kappa shape index (κ2) is 8.78. The molecular formula is C20H19N5O7S. The molecule has 0 aliphatic rings. The molecule has 0 saturated heterocycles. The molecule has 0 bridgehead atoms. The number of benzene rings is 2. The summed E-state index contributed by atoms with van der Waals surface area (Å²) < 4.78 is 24.8. The molecule has 0 unspecified atom stereocenters. The van der Waals surface area contributed by atoms with Gasteiger partial charge in [-0.2, -0.15) is 5.10 Å². The van der Waals surface area contributed by atoms with Gasteiger partial charge in [-0.15, -0.1) is 0 Å². The zero-order valence-electron chi connectivity index (χ0n) is 17.7. The molecule has 3 rings (SSSR count). The van der Waals surface area contributed by atoms with E-state index in [2.05, 4.69) is 16.0 Å². The van der Waals surface area contributed by atoms with Crippen LogP contribution in [0, 0.1) is 10.1 Å². The van der Waals surface area contributed by atoms with Gasteiger partial charge in [0.15, 0.2) is 15.5 Å². The predicted octanol–water partition coefficient (Wildman–Crippen LogP) is 1.36. The van der Waals surface area contributed by atoms with Crippen molar-refractivity contribution in [2.75, 3.05) is 6.26 Å². The Hall–Kier alpha value is -4.13. The SMILES string of the molecule is CC(C)n1nc(C(=O)NNC(=O)c2cc([N+](=O)[O-])cc(S(C)(=O)=O)c2)c2ccccc2c1=O. The number of carbonyl (C=O) groups is 2. The molecule has 1 aromatic heterocycles. The summed E-state index contributed by atoms with van der Waals surface area (Å²) in [6, 6.07) is 8.65. The van der Waals surface area contributed by atoms with Crippen molar-refractivity contribution in [3.63, 3.8) is 0 Å². The fourth-order valence-corrected chi connectivity index (χ4v) is 3.68. The second-order valence-corrected chi connectivity index (χ2v) is 9.41. The molecule has 0 spiro atoms. The highest BCUT2D eigenvalue weighted by molar-refractivity contribution is 7.90. The zero-order valence-corrected chi connectivity index (χ0v) is 18.5. The molecule has 2 aromatic carbocycles. The normalized spacial score (nSPS) is 11.4. The third-order valence-corrected chi connectivity index (χ3v) is 5.71. The lowest BCUT2D eigenvalue weighted by Crippen LogP contribution is -2.43. The smallest absolute Gasteiger partial charge is 0.267 e. The fourth-order valence-electron chi connectivity index (χ4n) is 3.00. The van der Waals surface area contributed by atoms with Crippen molar-refractivity contribution < 1.29 is 22.9 Å². The van der Waals surface area contributed by atoms with E-state index < -0.39 is 37.2 Å². The maximum Gasteiger partial charge on any atom is 0.290 e. The van der Waals surface area contributed by atoms with Gasteiger partial charge in [0.1, 0.15) is 0 Å². The zero-order chi connectivity index (χ0) is 24.5. The summed E-state index contributed by atoms with van der Waals surface area (Å²) >= 11 is 0. The van der Waals surface area contributed by atoms with Gasteiger partial charge in [-0.05, 0) is 26.0 Å². The molecule has 2 amide bonds. The fraction of sp³-hybridized carbons (Fsp3) is 0.200. The summed E-state index contributed by atoms with van der Waals surface area (Å²) in [7, 11) is -3.84. The van der Waals surface area contributed by atoms with Crippen LogP contribution in [-0.4, -0.2) is 41.2 Å². The van der Waals surface area contributed by atoms with Gasteiger partial charge in [0.05, 0.1) is 21.2 Å². The average Bonchev–Trinajstić information content (AvgIpc) is 2.76. The van der Waals surface area contributed by atoms with Crippen molar-refractivity contribution >= 4 is 38.1 Å². The van der Waals surface area contributed by atoms with E-state index in [1.165, 1.54) is 6.07 Å². The van der Waals surface area contributed by atoms with E-state index in [-0.39, 0.29) is 33.6 Å². The standard InChI is InChI=1S/C20H19N5O7S/c1-11(2)24-20(28)16-7-5-4-6-15(16)17(23-24)19(27)22-21-18(26)12-8-13(25(29)30)10-14(9-12)33(3,31)32/h4-11H,1-3H3,(H,21,26)(H,22,27). The van der Waals surface area contributed by atoms with Crippen molar-refractivity contribution in [1.29, 1.82) is 0 Å². The number of nitrogens with one attached hydrogen (secondary N) is 2. The Labute approximate surface area is 187 Å². The molecule has 0 aliphatic carbocycles. The number of nitrogens with zero attached hydrogens (tertiary/aromatic N) is 3. The summed E-state index contributed by atoms with van der Waals surface area (Å²) in [6.45, 7) is 3.43. The number of carbonyl (C=O) groups excluding carboxylic acids is 2. The number of rotatable bonds is 5. The molecule has 0 fully saturated rings. The van der Waals surface area contributed by atoms with Crippen LogP contribution in [0.2, 0.25) is 0 Å². The van der Waals surface area contributed by atoms with Crippen molar-refractivity contribution in [1.82, 2.24) is 20.6 Å². The lowest BCUT2D eigenvalue weighted by atomic mass is 10.1. The Morgan fingerprint density at radius 3 is 2.24 bits per heavy atom. The van der Waals surface area contributed by atoms with Crippen LogP contribution in [-0.2, 0) is 9.84 Å². The van der Waals surface area contributed by atoms with E-state index in [9.17, 15) is 32.9 Å². The number of hydrogen-bond acceptors (Lipinski definition) is 8. The van der Waals surface area contributed by atoms with Crippen LogP contribution in [0.3, 0.4) is 0 Å². The Morgan fingerprint density at radius 1 is 1.06 bits per heavy atom. The lowest BCUT2D eigenvalue weighted by molar-refractivity contribution is -0.385. The van der Waals surface area contributed by atoms with E-state index in [1.54, 1.807) is 32.0 Å². The molecule has 0 aliphatic heterocycles. The number of hydrazine groups is 1. The lowest BCUT2D eigenvalue weighted by Gasteiger charge is -2.14. The van der Waals surface area contributed by atoms with Crippen LogP contribution in [0.15, 0.2) is 52.2 Å². The first-order valence-corrected chi connectivity index (χ1v) is 11.4. The van der Waals surface area contributed by atoms with Crippen LogP contribution < -0.4 is 16.4 Å². The van der Waals surface area contributed by atoms with Gasteiger partial charge in [0.25, 0.3) is 23.1 Å². The van der Waals surface area contributed by atoms with Crippen molar-refractivity contribution in [3.05, 3.63) is 74.2 Å². The summed E-state index contributed by atoms with van der Waals surface area (Å²) in [4.78, 5) is 47.7. The number of non-ortho nitro benzene ring substituents is 1. The Kier molecular flexibility index (Phi) is 6.26. The Morgan fingerprint density at radius 2 is 1.67 bits per heavy atom. The van der Waals surface area contributed by atoms with Crippen LogP contribution >= 0.6 is 0 Å². The highest BCUT2D eigenvalue weighted by atomic mass is 32.2. The first kappa shape index (κ1) is 23.5. The van der Waals surface area contributed by atoms with E-state index in [1.807, 2.05) is 0 Å². The molecule has 3 aromatic rings. The van der Waals surface area contributed by atoms with Gasteiger partial charge < -0.3 is 0 Å². The van der Waals surface area contributed by atoms with Crippen LogP contribution in [0.25, 0.3) is 10.8 Å². The summed E-state index contributed by atoms with van der Waals surface area (Å²) in [5.41, 5.74) is 2.76. The highest BCUT2D eigenvalue weighted by Gasteiger charge is 2.21. The van der Waals surface area contributed by atoms with Crippen molar-refractivity contribution in [2.24, 2.45) is 0 Å². The van der Waals surface area contributed by atoms with Gasteiger partial charge in [-0.3, -0.25) is 35.3 Å². The highest BCUT2D eigenvalue weighted by Crippen LogP contribution is 2.21. The van der Waals surface area contributed by atoms with Gasteiger partial charge in [0.2, 0.25) is 0 Å². The first-order valence-electron chi connectivity index (χ1n) is 9.52. The predicted molar refractivity (Wildman–Crippen MR) is 118 cm³/mol. The molecule has 33 heavy (non-hydrogen) atoms. The van der Waals surface area contributed by atoms with E-state index >= 15 is 0 Å². The maximum atomic E-state index is 12.8. The summed E-state index contributed by atoms with van der Waals surface area (Å²) in [6.07, 6.45) is 0.843. The maximum absolute atomic E-state index is 12.8. The number of fused-ring (bicyclic) bond motifs is 1. The number of amides is 2. The Balaban J connectivity index is 1.94. The second-order valence-electron chi connectivity index (χ2n) is 7.39. The molecular weight excluding hydrogens is 454 g/mol. The first-order chi connectivity index (χ1) is 15.4. The minimum Gasteiger partial charge on any atom is -0.267 e. The molecule has 0 saturated carbocycles. The minimum absolute atomic E-state index is 0.130. The third-order valence-electron chi connectivity index (χ3n) is 4.61. The third kappa shape index (κ3) is 4.87. The Bertz CT molecular complexity index is 1460. The number of nitro benzene ring substituents is 1. The number of hydrogen-bond donors (Lipinski definition) is 2. The van der Waals surface area contributed by atoms with E-state index in [0.717, 1.165) is 29.1 Å². The summed E-state index contributed by atoms with van der Waals surface area (Å²) in [5.74, 6) is -1.83. The van der Waals surface area contributed by atoms with Crippen molar-refractivity contribution in [3.8, 4) is 0 Å². The molecule has 1 heterocycles. The topological polar surface area (TPSA) is 170 Å². The summed E-state index contributed by atoms with van der Waals surface area (Å²) in [5, 5.41) is 15.7. The van der Waals surface area contributed by atoms with Gasteiger partial charge in [-0.25, -0.2) is 13.1 Å².